The SMILES string of the molecule is Cc1ccc(C(CCc2ccccn2)NN)s1. The first-order chi connectivity index (χ1) is 8.29. The minimum atomic E-state index is 0.218. The van der Waals surface area contributed by atoms with Crippen LogP contribution in [0.5, 0.6) is 0 Å². The number of rotatable bonds is 5. The third-order valence-electron chi connectivity index (χ3n) is 2.72. The summed E-state index contributed by atoms with van der Waals surface area (Å²) in [4.78, 5) is 6.93. The van der Waals surface area contributed by atoms with Gasteiger partial charge in [-0.25, -0.2) is 0 Å². The molecule has 2 aromatic heterocycles. The molecule has 3 N–H and O–H groups in total. The molecule has 1 atom stereocenters. The van der Waals surface area contributed by atoms with Gasteiger partial charge in [-0.1, -0.05) is 6.07 Å². The van der Waals surface area contributed by atoms with Crippen molar-refractivity contribution in [3.63, 3.8) is 0 Å². The molecule has 2 heterocycles. The summed E-state index contributed by atoms with van der Waals surface area (Å²) in [5, 5.41) is 0. The number of nitrogens with zero attached hydrogens (tertiary/aromatic N) is 1. The zero-order chi connectivity index (χ0) is 12.1. The van der Waals surface area contributed by atoms with Gasteiger partial charge < -0.3 is 0 Å². The molecule has 4 heteroatoms. The molecule has 1 unspecified atom stereocenters. The molecule has 0 aliphatic rings. The summed E-state index contributed by atoms with van der Waals surface area (Å²) in [6.07, 6.45) is 3.73. The Morgan fingerprint density at radius 1 is 1.35 bits per heavy atom. The van der Waals surface area contributed by atoms with Gasteiger partial charge in [-0.2, -0.15) is 0 Å². The first-order valence-corrected chi connectivity index (χ1v) is 6.53. The van der Waals surface area contributed by atoms with E-state index in [-0.39, 0.29) is 6.04 Å². The predicted molar refractivity (Wildman–Crippen MR) is 71.7 cm³/mol. The maximum atomic E-state index is 5.61. The average Bonchev–Trinajstić information content (AvgIpc) is 2.78. The quantitative estimate of drug-likeness (QED) is 0.630. The Kier molecular flexibility index (Phi) is 4.25. The first kappa shape index (κ1) is 12.2. The van der Waals surface area contributed by atoms with Crippen molar-refractivity contribution in [1.82, 2.24) is 10.4 Å². The minimum Gasteiger partial charge on any atom is -0.271 e. The van der Waals surface area contributed by atoms with Gasteiger partial charge in [-0.05, 0) is 44.0 Å². The summed E-state index contributed by atoms with van der Waals surface area (Å²) in [7, 11) is 0. The lowest BCUT2D eigenvalue weighted by atomic mass is 10.1. The summed E-state index contributed by atoms with van der Waals surface area (Å²) < 4.78 is 0. The van der Waals surface area contributed by atoms with Crippen LogP contribution < -0.4 is 11.3 Å². The van der Waals surface area contributed by atoms with Crippen molar-refractivity contribution in [2.24, 2.45) is 5.84 Å². The molecule has 0 saturated heterocycles. The van der Waals surface area contributed by atoms with E-state index in [9.17, 15) is 0 Å². The normalized spacial score (nSPS) is 12.6. The maximum absolute atomic E-state index is 5.61. The highest BCUT2D eigenvalue weighted by atomic mass is 32.1. The van der Waals surface area contributed by atoms with E-state index in [4.69, 9.17) is 5.84 Å². The van der Waals surface area contributed by atoms with E-state index in [1.165, 1.54) is 9.75 Å². The molecule has 90 valence electrons. The molecule has 0 amide bonds. The van der Waals surface area contributed by atoms with Crippen molar-refractivity contribution in [2.75, 3.05) is 0 Å². The van der Waals surface area contributed by atoms with E-state index >= 15 is 0 Å². The average molecular weight is 247 g/mol. The molecule has 0 aliphatic heterocycles. The Morgan fingerprint density at radius 3 is 2.82 bits per heavy atom. The number of aromatic nitrogens is 1. The standard InChI is InChI=1S/C13H17N3S/c1-10-5-8-13(17-10)12(16-14)7-6-11-4-2-3-9-15-11/h2-5,8-9,12,16H,6-7,14H2,1H3. The van der Waals surface area contributed by atoms with Crippen LogP contribution in [0.3, 0.4) is 0 Å². The van der Waals surface area contributed by atoms with Crippen LogP contribution in [0.4, 0.5) is 0 Å². The van der Waals surface area contributed by atoms with E-state index in [0.29, 0.717) is 0 Å². The van der Waals surface area contributed by atoms with Crippen LogP contribution in [-0.4, -0.2) is 4.98 Å². The highest BCUT2D eigenvalue weighted by molar-refractivity contribution is 7.12. The largest absolute Gasteiger partial charge is 0.271 e. The van der Waals surface area contributed by atoms with E-state index in [1.54, 1.807) is 11.3 Å². The van der Waals surface area contributed by atoms with Gasteiger partial charge in [0.15, 0.2) is 0 Å². The number of aryl methyl sites for hydroxylation is 2. The fourth-order valence-electron chi connectivity index (χ4n) is 1.79. The van der Waals surface area contributed by atoms with E-state index in [1.807, 2.05) is 24.4 Å². The number of hydrazine groups is 1. The maximum Gasteiger partial charge on any atom is 0.0557 e. The van der Waals surface area contributed by atoms with Gasteiger partial charge in [0.2, 0.25) is 0 Å². The molecule has 0 aromatic carbocycles. The Hall–Kier alpha value is -1.23. The van der Waals surface area contributed by atoms with Crippen LogP contribution in [0, 0.1) is 6.92 Å². The molecule has 2 rings (SSSR count). The first-order valence-electron chi connectivity index (χ1n) is 5.72. The number of hydrogen-bond acceptors (Lipinski definition) is 4. The molecule has 3 nitrogen and oxygen atoms in total. The molecule has 0 spiro atoms. The number of pyridine rings is 1. The molecule has 17 heavy (non-hydrogen) atoms. The molecule has 2 aromatic rings. The minimum absolute atomic E-state index is 0.218. The third-order valence-corrected chi connectivity index (χ3v) is 3.84. The van der Waals surface area contributed by atoms with Gasteiger partial charge in [0.05, 0.1) is 6.04 Å². The lowest BCUT2D eigenvalue weighted by Gasteiger charge is -2.13. The summed E-state index contributed by atoms with van der Waals surface area (Å²) in [5.41, 5.74) is 4.00. The molecule has 0 bridgehead atoms. The Morgan fingerprint density at radius 2 is 2.24 bits per heavy atom. The van der Waals surface area contributed by atoms with Gasteiger partial charge in [0, 0.05) is 21.6 Å². The Bertz CT molecular complexity index is 453. The number of nitrogens with two attached hydrogens (primary N) is 1. The van der Waals surface area contributed by atoms with Crippen molar-refractivity contribution < 1.29 is 0 Å². The molecule has 0 fully saturated rings. The van der Waals surface area contributed by atoms with E-state index in [2.05, 4.69) is 29.5 Å². The second kappa shape index (κ2) is 5.91. The van der Waals surface area contributed by atoms with Crippen molar-refractivity contribution in [2.45, 2.75) is 25.8 Å². The van der Waals surface area contributed by atoms with Crippen LogP contribution in [0.25, 0.3) is 0 Å². The van der Waals surface area contributed by atoms with Gasteiger partial charge in [-0.3, -0.25) is 16.3 Å². The van der Waals surface area contributed by atoms with Crippen LogP contribution in [0.15, 0.2) is 36.5 Å². The van der Waals surface area contributed by atoms with E-state index < -0.39 is 0 Å². The lowest BCUT2D eigenvalue weighted by molar-refractivity contribution is 0.521. The molecule has 0 aliphatic carbocycles. The second-order valence-corrected chi connectivity index (χ2v) is 5.35. The molecular formula is C13H17N3S. The third kappa shape index (κ3) is 3.36. The number of nitrogens with one attached hydrogen (secondary N) is 1. The highest BCUT2D eigenvalue weighted by Crippen LogP contribution is 2.25. The summed E-state index contributed by atoms with van der Waals surface area (Å²) in [5.74, 6) is 5.61. The van der Waals surface area contributed by atoms with Crippen LogP contribution in [-0.2, 0) is 6.42 Å². The van der Waals surface area contributed by atoms with Crippen LogP contribution >= 0.6 is 11.3 Å². The summed E-state index contributed by atoms with van der Waals surface area (Å²) >= 11 is 1.79. The zero-order valence-electron chi connectivity index (χ0n) is 9.89. The summed E-state index contributed by atoms with van der Waals surface area (Å²) in [6, 6.07) is 10.5. The van der Waals surface area contributed by atoms with Crippen molar-refractivity contribution >= 4 is 11.3 Å². The smallest absolute Gasteiger partial charge is 0.0557 e. The van der Waals surface area contributed by atoms with Crippen LogP contribution in [0.2, 0.25) is 0 Å². The van der Waals surface area contributed by atoms with E-state index in [0.717, 1.165) is 18.5 Å². The second-order valence-electron chi connectivity index (χ2n) is 4.03. The highest BCUT2D eigenvalue weighted by Gasteiger charge is 2.11. The molecular weight excluding hydrogens is 230 g/mol. The zero-order valence-corrected chi connectivity index (χ0v) is 10.7. The van der Waals surface area contributed by atoms with Gasteiger partial charge in [-0.15, -0.1) is 11.3 Å². The summed E-state index contributed by atoms with van der Waals surface area (Å²) in [6.45, 7) is 2.11. The molecule has 0 radical (unpaired) electrons. The van der Waals surface area contributed by atoms with Crippen LogP contribution in [0.1, 0.15) is 27.9 Å². The van der Waals surface area contributed by atoms with Crippen molar-refractivity contribution in [3.8, 4) is 0 Å². The fraction of sp³-hybridized carbons (Fsp3) is 0.308. The Balaban J connectivity index is 1.97. The topological polar surface area (TPSA) is 50.9 Å². The number of hydrogen-bond donors (Lipinski definition) is 2. The van der Waals surface area contributed by atoms with Gasteiger partial charge in [0.1, 0.15) is 0 Å². The lowest BCUT2D eigenvalue weighted by Crippen LogP contribution is -2.27. The van der Waals surface area contributed by atoms with Gasteiger partial charge in [0.25, 0.3) is 0 Å². The predicted octanol–water partition coefficient (Wildman–Crippen LogP) is 2.59. The Labute approximate surface area is 106 Å². The monoisotopic (exact) mass is 247 g/mol. The number of thiophene rings is 1. The van der Waals surface area contributed by atoms with Crippen molar-refractivity contribution in [1.29, 1.82) is 0 Å². The van der Waals surface area contributed by atoms with Gasteiger partial charge >= 0.3 is 0 Å². The fourth-order valence-corrected chi connectivity index (χ4v) is 2.76. The van der Waals surface area contributed by atoms with Crippen molar-refractivity contribution in [3.05, 3.63) is 52.0 Å². The molecule has 0 saturated carbocycles.